The number of hydrogen-bond acceptors (Lipinski definition) is 3. The van der Waals surface area contributed by atoms with Gasteiger partial charge in [0.2, 0.25) is 0 Å². The predicted molar refractivity (Wildman–Crippen MR) is 67.9 cm³/mol. The van der Waals surface area contributed by atoms with Crippen LogP contribution in [0.15, 0.2) is 16.5 Å². The van der Waals surface area contributed by atoms with Crippen LogP contribution < -0.4 is 10.6 Å². The molecule has 0 spiro atoms. The normalized spacial score (nSPS) is 12.0. The van der Waals surface area contributed by atoms with Crippen LogP contribution in [0.1, 0.15) is 31.8 Å². The summed E-state index contributed by atoms with van der Waals surface area (Å²) in [6.45, 7) is 9.45. The largest absolute Gasteiger partial charge is 0.466 e. The first-order chi connectivity index (χ1) is 7.56. The Morgan fingerprint density at radius 3 is 2.56 bits per heavy atom. The Morgan fingerprint density at radius 1 is 1.25 bits per heavy atom. The Bertz CT molecular complexity index is 305. The van der Waals surface area contributed by atoms with Crippen molar-refractivity contribution >= 4 is 0 Å². The highest BCUT2D eigenvalue weighted by Gasteiger charge is 2.23. The molecule has 0 radical (unpaired) electrons. The maximum absolute atomic E-state index is 5.67. The van der Waals surface area contributed by atoms with Gasteiger partial charge in [0.05, 0.1) is 0 Å². The van der Waals surface area contributed by atoms with Crippen LogP contribution in [-0.2, 0) is 5.41 Å². The molecular formula is C13H24N2O. The quantitative estimate of drug-likeness (QED) is 0.696. The van der Waals surface area contributed by atoms with Gasteiger partial charge in [0.1, 0.15) is 11.5 Å². The second kappa shape index (κ2) is 6.06. The maximum atomic E-state index is 5.67. The van der Waals surface area contributed by atoms with Gasteiger partial charge in [-0.1, -0.05) is 13.8 Å². The highest BCUT2D eigenvalue weighted by molar-refractivity contribution is 5.15. The van der Waals surface area contributed by atoms with Gasteiger partial charge in [-0.3, -0.25) is 0 Å². The Labute approximate surface area is 98.6 Å². The number of furan rings is 1. The van der Waals surface area contributed by atoms with E-state index in [1.165, 1.54) is 0 Å². The van der Waals surface area contributed by atoms with E-state index in [0.29, 0.717) is 0 Å². The van der Waals surface area contributed by atoms with Crippen molar-refractivity contribution in [2.24, 2.45) is 0 Å². The smallest absolute Gasteiger partial charge is 0.111 e. The topological polar surface area (TPSA) is 37.2 Å². The molecule has 3 heteroatoms. The van der Waals surface area contributed by atoms with E-state index in [1.54, 1.807) is 0 Å². The summed E-state index contributed by atoms with van der Waals surface area (Å²) in [5.74, 6) is 2.05. The molecule has 0 saturated heterocycles. The molecule has 16 heavy (non-hydrogen) atoms. The standard InChI is InChI=1S/C13H24N2O/c1-11-6-7-12(16-11)13(2,3)10-15-9-5-8-14-4/h6-7,14-15H,5,8-10H2,1-4H3. The first kappa shape index (κ1) is 13.3. The van der Waals surface area contributed by atoms with E-state index in [2.05, 4.69) is 30.5 Å². The molecule has 0 saturated carbocycles. The molecule has 0 aromatic carbocycles. The Hall–Kier alpha value is -0.800. The third-order valence-corrected chi connectivity index (χ3v) is 2.75. The SMILES string of the molecule is CNCCCNCC(C)(C)c1ccc(C)o1. The lowest BCUT2D eigenvalue weighted by atomic mass is 9.90. The van der Waals surface area contributed by atoms with E-state index in [4.69, 9.17) is 4.42 Å². The van der Waals surface area contributed by atoms with Crippen molar-refractivity contribution in [3.63, 3.8) is 0 Å². The second-order valence-electron chi connectivity index (χ2n) is 4.93. The fourth-order valence-electron chi connectivity index (χ4n) is 1.68. The molecule has 1 rings (SSSR count). The Kier molecular flexibility index (Phi) is 5.03. The molecule has 0 aliphatic heterocycles. The van der Waals surface area contributed by atoms with Gasteiger partial charge in [-0.25, -0.2) is 0 Å². The molecule has 0 bridgehead atoms. The van der Waals surface area contributed by atoms with Crippen molar-refractivity contribution in [1.82, 2.24) is 10.6 Å². The van der Waals surface area contributed by atoms with Gasteiger partial charge in [0.15, 0.2) is 0 Å². The fraction of sp³-hybridized carbons (Fsp3) is 0.692. The predicted octanol–water partition coefficient (Wildman–Crippen LogP) is 2.06. The monoisotopic (exact) mass is 224 g/mol. The molecule has 3 nitrogen and oxygen atoms in total. The third-order valence-electron chi connectivity index (χ3n) is 2.75. The lowest BCUT2D eigenvalue weighted by Gasteiger charge is -2.22. The zero-order valence-corrected chi connectivity index (χ0v) is 10.9. The summed E-state index contributed by atoms with van der Waals surface area (Å²) < 4.78 is 5.67. The highest BCUT2D eigenvalue weighted by atomic mass is 16.3. The molecule has 0 atom stereocenters. The third kappa shape index (κ3) is 3.99. The van der Waals surface area contributed by atoms with Crippen molar-refractivity contribution in [2.45, 2.75) is 32.6 Å². The minimum atomic E-state index is 0.0634. The number of hydrogen-bond donors (Lipinski definition) is 2. The van der Waals surface area contributed by atoms with E-state index in [1.807, 2.05) is 20.0 Å². The van der Waals surface area contributed by atoms with Crippen molar-refractivity contribution in [3.05, 3.63) is 23.7 Å². The van der Waals surface area contributed by atoms with Crippen LogP contribution in [0.3, 0.4) is 0 Å². The molecular weight excluding hydrogens is 200 g/mol. The number of nitrogens with one attached hydrogen (secondary N) is 2. The maximum Gasteiger partial charge on any atom is 0.111 e. The van der Waals surface area contributed by atoms with Crippen LogP contribution in [-0.4, -0.2) is 26.7 Å². The Balaban J connectivity index is 2.34. The van der Waals surface area contributed by atoms with E-state index >= 15 is 0 Å². The molecule has 0 aliphatic carbocycles. The minimum absolute atomic E-state index is 0.0634. The second-order valence-corrected chi connectivity index (χ2v) is 4.93. The lowest BCUT2D eigenvalue weighted by molar-refractivity contribution is 0.357. The number of rotatable bonds is 7. The number of aryl methyl sites for hydroxylation is 1. The summed E-state index contributed by atoms with van der Waals surface area (Å²) in [6.07, 6.45) is 1.16. The zero-order chi connectivity index (χ0) is 12.0. The molecule has 1 aromatic rings. The first-order valence-corrected chi connectivity index (χ1v) is 5.98. The van der Waals surface area contributed by atoms with E-state index in [-0.39, 0.29) is 5.41 Å². The van der Waals surface area contributed by atoms with Crippen LogP contribution >= 0.6 is 0 Å². The molecule has 92 valence electrons. The van der Waals surface area contributed by atoms with Gasteiger partial charge in [-0.15, -0.1) is 0 Å². The summed E-state index contributed by atoms with van der Waals surface area (Å²) in [7, 11) is 1.98. The van der Waals surface area contributed by atoms with Gasteiger partial charge in [0, 0.05) is 12.0 Å². The van der Waals surface area contributed by atoms with Crippen LogP contribution in [0.25, 0.3) is 0 Å². The summed E-state index contributed by atoms with van der Waals surface area (Å²) >= 11 is 0. The average Bonchev–Trinajstić information content (AvgIpc) is 2.65. The molecule has 1 heterocycles. The van der Waals surface area contributed by atoms with Crippen LogP contribution in [0.2, 0.25) is 0 Å². The summed E-state index contributed by atoms with van der Waals surface area (Å²) in [5.41, 5.74) is 0.0634. The van der Waals surface area contributed by atoms with Crippen molar-refractivity contribution in [3.8, 4) is 0 Å². The van der Waals surface area contributed by atoms with Gasteiger partial charge in [0.25, 0.3) is 0 Å². The van der Waals surface area contributed by atoms with Crippen LogP contribution in [0, 0.1) is 6.92 Å². The average molecular weight is 224 g/mol. The minimum Gasteiger partial charge on any atom is -0.466 e. The molecule has 0 unspecified atom stereocenters. The Morgan fingerprint density at radius 2 is 2.00 bits per heavy atom. The van der Waals surface area contributed by atoms with Crippen LogP contribution in [0.5, 0.6) is 0 Å². The fourth-order valence-corrected chi connectivity index (χ4v) is 1.68. The first-order valence-electron chi connectivity index (χ1n) is 5.98. The van der Waals surface area contributed by atoms with Crippen molar-refractivity contribution in [1.29, 1.82) is 0 Å². The summed E-state index contributed by atoms with van der Waals surface area (Å²) in [4.78, 5) is 0. The van der Waals surface area contributed by atoms with E-state index in [9.17, 15) is 0 Å². The van der Waals surface area contributed by atoms with Crippen LogP contribution in [0.4, 0.5) is 0 Å². The molecule has 0 amide bonds. The molecule has 0 fully saturated rings. The highest BCUT2D eigenvalue weighted by Crippen LogP contribution is 2.24. The van der Waals surface area contributed by atoms with Gasteiger partial charge in [-0.05, 0) is 45.6 Å². The lowest BCUT2D eigenvalue weighted by Crippen LogP contribution is -2.33. The van der Waals surface area contributed by atoms with Crippen molar-refractivity contribution < 1.29 is 4.42 Å². The van der Waals surface area contributed by atoms with Crippen molar-refractivity contribution in [2.75, 3.05) is 26.7 Å². The molecule has 1 aromatic heterocycles. The molecule has 0 aliphatic rings. The summed E-state index contributed by atoms with van der Waals surface area (Å²) in [6, 6.07) is 4.10. The van der Waals surface area contributed by atoms with E-state index < -0.39 is 0 Å². The zero-order valence-electron chi connectivity index (χ0n) is 10.9. The van der Waals surface area contributed by atoms with Gasteiger partial charge >= 0.3 is 0 Å². The van der Waals surface area contributed by atoms with Gasteiger partial charge in [-0.2, -0.15) is 0 Å². The molecule has 2 N–H and O–H groups in total. The summed E-state index contributed by atoms with van der Waals surface area (Å²) in [5, 5.41) is 6.61. The van der Waals surface area contributed by atoms with E-state index in [0.717, 1.165) is 37.6 Å². The van der Waals surface area contributed by atoms with Gasteiger partial charge < -0.3 is 15.1 Å².